The van der Waals surface area contributed by atoms with Gasteiger partial charge < -0.3 is 14.5 Å². The summed E-state index contributed by atoms with van der Waals surface area (Å²) in [5.74, 6) is 0.215. The number of aromatic amines is 1. The quantitative estimate of drug-likeness (QED) is 0.729. The van der Waals surface area contributed by atoms with Crippen LogP contribution in [0.15, 0.2) is 59.5 Å². The van der Waals surface area contributed by atoms with E-state index in [9.17, 15) is 9.59 Å². The Balaban J connectivity index is 1.54. The summed E-state index contributed by atoms with van der Waals surface area (Å²) in [7, 11) is 1.50. The highest BCUT2D eigenvalue weighted by Crippen LogP contribution is 2.28. The molecule has 4 rings (SSSR count). The van der Waals surface area contributed by atoms with Gasteiger partial charge in [-0.05, 0) is 12.1 Å². The molecule has 2 aromatic heterocycles. The maximum atomic E-state index is 12.9. The summed E-state index contributed by atoms with van der Waals surface area (Å²) in [6.07, 6.45) is 1.60. The number of anilines is 1. The number of piperazine rings is 1. The van der Waals surface area contributed by atoms with Crippen molar-refractivity contribution < 1.29 is 9.53 Å². The van der Waals surface area contributed by atoms with E-state index in [4.69, 9.17) is 4.74 Å². The fourth-order valence-corrected chi connectivity index (χ4v) is 3.48. The van der Waals surface area contributed by atoms with Gasteiger partial charge in [0.05, 0.1) is 12.8 Å². The van der Waals surface area contributed by atoms with Crippen molar-refractivity contribution in [3.05, 3.63) is 70.6 Å². The number of rotatable bonds is 4. The van der Waals surface area contributed by atoms with Crippen LogP contribution in [0.25, 0.3) is 11.3 Å². The number of ether oxygens (including phenoxy) is 1. The number of amides is 1. The third-order valence-corrected chi connectivity index (χ3v) is 4.94. The van der Waals surface area contributed by atoms with E-state index in [2.05, 4.69) is 20.1 Å². The van der Waals surface area contributed by atoms with Gasteiger partial charge in [-0.15, -0.1) is 0 Å². The van der Waals surface area contributed by atoms with E-state index >= 15 is 0 Å². The van der Waals surface area contributed by atoms with Gasteiger partial charge in [0, 0.05) is 44.0 Å². The second kappa shape index (κ2) is 8.14. The van der Waals surface area contributed by atoms with Crippen molar-refractivity contribution in [2.75, 3.05) is 38.2 Å². The predicted octanol–water partition coefficient (Wildman–Crippen LogP) is 1.80. The third kappa shape index (κ3) is 3.82. The minimum atomic E-state index is -0.252. The van der Waals surface area contributed by atoms with Gasteiger partial charge >= 0.3 is 0 Å². The molecule has 3 heterocycles. The number of aromatic nitrogens is 3. The molecule has 0 aliphatic carbocycles. The molecular formula is C21H21N5O3. The predicted molar refractivity (Wildman–Crippen MR) is 109 cm³/mol. The molecule has 0 spiro atoms. The SMILES string of the molecule is COc1ncccc1C(=O)N1CCN(c2cc(=O)[nH]nc2-c2ccccc2)CC1. The second-order valence-corrected chi connectivity index (χ2v) is 6.67. The first-order chi connectivity index (χ1) is 14.2. The van der Waals surface area contributed by atoms with Crippen molar-refractivity contribution in [2.24, 2.45) is 0 Å². The zero-order valence-corrected chi connectivity index (χ0v) is 16.0. The van der Waals surface area contributed by atoms with Crippen LogP contribution in [0.1, 0.15) is 10.4 Å². The van der Waals surface area contributed by atoms with Crippen LogP contribution in [0.5, 0.6) is 5.88 Å². The number of H-pyrrole nitrogens is 1. The van der Waals surface area contributed by atoms with Gasteiger partial charge in [-0.25, -0.2) is 10.1 Å². The first kappa shape index (κ1) is 18.7. The summed E-state index contributed by atoms with van der Waals surface area (Å²) in [4.78, 5) is 32.8. The fraction of sp³-hybridized carbons (Fsp3) is 0.238. The summed E-state index contributed by atoms with van der Waals surface area (Å²) >= 11 is 0. The molecule has 8 heteroatoms. The van der Waals surface area contributed by atoms with Crippen molar-refractivity contribution in [2.45, 2.75) is 0 Å². The summed E-state index contributed by atoms with van der Waals surface area (Å²) in [5.41, 5.74) is 2.62. The Morgan fingerprint density at radius 2 is 1.83 bits per heavy atom. The molecular weight excluding hydrogens is 370 g/mol. The Labute approximate surface area is 167 Å². The van der Waals surface area contributed by atoms with Gasteiger partial charge in [0.25, 0.3) is 11.5 Å². The van der Waals surface area contributed by atoms with Crippen LogP contribution in [0.2, 0.25) is 0 Å². The van der Waals surface area contributed by atoms with E-state index < -0.39 is 0 Å². The monoisotopic (exact) mass is 391 g/mol. The van der Waals surface area contributed by atoms with Crippen molar-refractivity contribution in [1.29, 1.82) is 0 Å². The standard InChI is InChI=1S/C21H21N5O3/c1-29-20-16(8-5-9-22-20)21(28)26-12-10-25(11-13-26)17-14-18(27)23-24-19(17)15-6-3-2-4-7-15/h2-9,14H,10-13H2,1H3,(H,23,27). The highest BCUT2D eigenvalue weighted by molar-refractivity contribution is 5.96. The minimum absolute atomic E-state index is 0.109. The fourth-order valence-electron chi connectivity index (χ4n) is 3.48. The number of pyridine rings is 1. The Bertz CT molecular complexity index is 1060. The molecule has 0 atom stereocenters. The van der Waals surface area contributed by atoms with Gasteiger partial charge in [-0.1, -0.05) is 30.3 Å². The molecule has 1 fully saturated rings. The minimum Gasteiger partial charge on any atom is -0.480 e. The third-order valence-electron chi connectivity index (χ3n) is 4.94. The van der Waals surface area contributed by atoms with Crippen molar-refractivity contribution >= 4 is 11.6 Å². The lowest BCUT2D eigenvalue weighted by atomic mass is 10.1. The largest absolute Gasteiger partial charge is 0.480 e. The highest BCUT2D eigenvalue weighted by Gasteiger charge is 2.26. The van der Waals surface area contributed by atoms with Crippen LogP contribution >= 0.6 is 0 Å². The van der Waals surface area contributed by atoms with Crippen LogP contribution in [-0.4, -0.2) is 59.3 Å². The average molecular weight is 391 g/mol. The zero-order chi connectivity index (χ0) is 20.2. The summed E-state index contributed by atoms with van der Waals surface area (Å²) in [6.45, 7) is 2.24. The molecule has 1 aliphatic rings. The molecule has 29 heavy (non-hydrogen) atoms. The zero-order valence-electron chi connectivity index (χ0n) is 16.0. The molecule has 1 amide bonds. The first-order valence-corrected chi connectivity index (χ1v) is 9.36. The summed E-state index contributed by atoms with van der Waals surface area (Å²) in [6, 6.07) is 14.7. The van der Waals surface area contributed by atoms with Crippen molar-refractivity contribution in [1.82, 2.24) is 20.1 Å². The smallest absolute Gasteiger partial charge is 0.266 e. The molecule has 1 saturated heterocycles. The van der Waals surface area contributed by atoms with Crippen LogP contribution in [0.4, 0.5) is 5.69 Å². The van der Waals surface area contributed by atoms with E-state index in [-0.39, 0.29) is 11.5 Å². The molecule has 0 saturated carbocycles. The van der Waals surface area contributed by atoms with Crippen LogP contribution in [-0.2, 0) is 0 Å². The van der Waals surface area contributed by atoms with Gasteiger partial charge in [0.1, 0.15) is 11.3 Å². The lowest BCUT2D eigenvalue weighted by Crippen LogP contribution is -2.49. The Hall–Kier alpha value is -3.68. The van der Waals surface area contributed by atoms with Crippen LogP contribution < -0.4 is 15.2 Å². The average Bonchev–Trinajstić information content (AvgIpc) is 2.79. The molecule has 3 aromatic rings. The topological polar surface area (TPSA) is 91.4 Å². The molecule has 1 aliphatic heterocycles. The highest BCUT2D eigenvalue weighted by atomic mass is 16.5. The number of methoxy groups -OCH3 is 1. The number of hydrogen-bond donors (Lipinski definition) is 1. The van der Waals surface area contributed by atoms with Crippen LogP contribution in [0, 0.1) is 0 Å². The van der Waals surface area contributed by atoms with E-state index in [0.717, 1.165) is 16.9 Å². The Kier molecular flexibility index (Phi) is 5.24. The molecule has 1 aromatic carbocycles. The van der Waals surface area contributed by atoms with Gasteiger partial charge in [-0.2, -0.15) is 5.10 Å². The number of carbonyl (C=O) groups is 1. The normalized spacial score (nSPS) is 14.0. The number of benzene rings is 1. The molecule has 0 bridgehead atoms. The molecule has 0 unspecified atom stereocenters. The van der Waals surface area contributed by atoms with Gasteiger partial charge in [0.15, 0.2) is 0 Å². The van der Waals surface area contributed by atoms with E-state index in [1.54, 1.807) is 29.3 Å². The molecule has 148 valence electrons. The van der Waals surface area contributed by atoms with E-state index in [1.807, 2.05) is 30.3 Å². The van der Waals surface area contributed by atoms with Gasteiger partial charge in [0.2, 0.25) is 5.88 Å². The first-order valence-electron chi connectivity index (χ1n) is 9.36. The summed E-state index contributed by atoms with van der Waals surface area (Å²) in [5, 5.41) is 6.78. The van der Waals surface area contributed by atoms with Crippen LogP contribution in [0.3, 0.4) is 0 Å². The van der Waals surface area contributed by atoms with Crippen molar-refractivity contribution in [3.63, 3.8) is 0 Å². The number of carbonyl (C=O) groups excluding carboxylic acids is 1. The van der Waals surface area contributed by atoms with Crippen molar-refractivity contribution in [3.8, 4) is 17.1 Å². The number of nitrogens with zero attached hydrogens (tertiary/aromatic N) is 4. The van der Waals surface area contributed by atoms with Gasteiger partial charge in [-0.3, -0.25) is 9.59 Å². The van der Waals surface area contributed by atoms with E-state index in [1.165, 1.54) is 7.11 Å². The molecule has 1 N–H and O–H groups in total. The number of hydrogen-bond acceptors (Lipinski definition) is 6. The maximum absolute atomic E-state index is 12.9. The lowest BCUT2D eigenvalue weighted by Gasteiger charge is -2.36. The summed E-state index contributed by atoms with van der Waals surface area (Å²) < 4.78 is 5.21. The number of nitrogens with one attached hydrogen (secondary N) is 1. The molecule has 0 radical (unpaired) electrons. The Morgan fingerprint density at radius 3 is 2.55 bits per heavy atom. The Morgan fingerprint density at radius 1 is 1.07 bits per heavy atom. The molecule has 8 nitrogen and oxygen atoms in total. The lowest BCUT2D eigenvalue weighted by molar-refractivity contribution is 0.0742. The maximum Gasteiger partial charge on any atom is 0.266 e. The van der Waals surface area contributed by atoms with E-state index in [0.29, 0.717) is 37.6 Å². The second-order valence-electron chi connectivity index (χ2n) is 6.67.